The molecule has 92 valence electrons. The first-order valence-electron chi connectivity index (χ1n) is 5.96. The number of nitrogens with one attached hydrogen (secondary N) is 1. The molecule has 0 unspecified atom stereocenters. The number of benzene rings is 1. The molecular formula is C13H16BrNO2. The molecule has 4 heteroatoms. The third-order valence-electron chi connectivity index (χ3n) is 3.18. The minimum absolute atomic E-state index is 0.305. The maximum Gasteiger partial charge on any atom is 0.336 e. The Balaban J connectivity index is 2.06. The highest BCUT2D eigenvalue weighted by Gasteiger charge is 2.14. The second kappa shape index (κ2) is 5.54. The first kappa shape index (κ1) is 12.4. The van der Waals surface area contributed by atoms with Crippen LogP contribution in [0, 0.1) is 0 Å². The van der Waals surface area contributed by atoms with Gasteiger partial charge in [-0.05, 0) is 47.0 Å². The maximum absolute atomic E-state index is 10.9. The van der Waals surface area contributed by atoms with Crippen molar-refractivity contribution in [3.8, 4) is 0 Å². The van der Waals surface area contributed by atoms with E-state index in [4.69, 9.17) is 5.11 Å². The van der Waals surface area contributed by atoms with Gasteiger partial charge in [-0.1, -0.05) is 19.3 Å². The predicted molar refractivity (Wildman–Crippen MR) is 71.6 cm³/mol. The topological polar surface area (TPSA) is 49.3 Å². The molecule has 17 heavy (non-hydrogen) atoms. The van der Waals surface area contributed by atoms with E-state index < -0.39 is 5.97 Å². The van der Waals surface area contributed by atoms with Gasteiger partial charge in [0.15, 0.2) is 0 Å². The van der Waals surface area contributed by atoms with E-state index in [1.165, 1.54) is 32.1 Å². The van der Waals surface area contributed by atoms with Crippen LogP contribution < -0.4 is 5.32 Å². The Morgan fingerprint density at radius 2 is 2.00 bits per heavy atom. The fourth-order valence-electron chi connectivity index (χ4n) is 2.26. The lowest BCUT2D eigenvalue weighted by atomic mass is 9.95. The molecule has 0 spiro atoms. The van der Waals surface area contributed by atoms with Crippen LogP contribution in [0.3, 0.4) is 0 Å². The van der Waals surface area contributed by atoms with E-state index in [-0.39, 0.29) is 0 Å². The van der Waals surface area contributed by atoms with Crippen molar-refractivity contribution >= 4 is 27.6 Å². The lowest BCUT2D eigenvalue weighted by Crippen LogP contribution is -2.22. The lowest BCUT2D eigenvalue weighted by Gasteiger charge is -2.24. The van der Waals surface area contributed by atoms with Gasteiger partial charge in [0, 0.05) is 16.2 Å². The highest BCUT2D eigenvalue weighted by atomic mass is 79.9. The molecule has 1 aromatic carbocycles. The SMILES string of the molecule is O=C(O)c1ccc(NC2CCCCC2)cc1Br. The van der Waals surface area contributed by atoms with Crippen molar-refractivity contribution in [1.29, 1.82) is 0 Å². The number of aromatic carboxylic acids is 1. The second-order valence-electron chi connectivity index (χ2n) is 4.48. The highest BCUT2D eigenvalue weighted by Crippen LogP contribution is 2.25. The summed E-state index contributed by atoms with van der Waals surface area (Å²) in [5.41, 5.74) is 1.30. The van der Waals surface area contributed by atoms with Gasteiger partial charge in [0.2, 0.25) is 0 Å². The minimum Gasteiger partial charge on any atom is -0.478 e. The molecule has 0 saturated heterocycles. The Bertz CT molecular complexity index is 414. The third kappa shape index (κ3) is 3.22. The number of carboxylic acids is 1. The zero-order valence-corrected chi connectivity index (χ0v) is 11.2. The molecule has 0 atom stereocenters. The second-order valence-corrected chi connectivity index (χ2v) is 5.33. The number of halogens is 1. The number of anilines is 1. The average molecular weight is 298 g/mol. The molecule has 0 aromatic heterocycles. The molecule has 1 aromatic rings. The Morgan fingerprint density at radius 3 is 2.59 bits per heavy atom. The van der Waals surface area contributed by atoms with Gasteiger partial charge in [-0.15, -0.1) is 0 Å². The van der Waals surface area contributed by atoms with E-state index in [2.05, 4.69) is 21.2 Å². The van der Waals surface area contributed by atoms with Gasteiger partial charge in [-0.3, -0.25) is 0 Å². The van der Waals surface area contributed by atoms with Crippen LogP contribution in [-0.4, -0.2) is 17.1 Å². The summed E-state index contributed by atoms with van der Waals surface area (Å²) in [6.07, 6.45) is 6.31. The van der Waals surface area contributed by atoms with Crippen LogP contribution in [0.25, 0.3) is 0 Å². The lowest BCUT2D eigenvalue weighted by molar-refractivity contribution is 0.0696. The summed E-state index contributed by atoms with van der Waals surface area (Å²) < 4.78 is 0.630. The van der Waals surface area contributed by atoms with Crippen LogP contribution in [0.2, 0.25) is 0 Å². The van der Waals surface area contributed by atoms with Crippen molar-refractivity contribution in [2.45, 2.75) is 38.1 Å². The Kier molecular flexibility index (Phi) is 4.05. The molecule has 0 amide bonds. The smallest absolute Gasteiger partial charge is 0.336 e. The Labute approximate surface area is 109 Å². The number of rotatable bonds is 3. The molecule has 2 N–H and O–H groups in total. The fraction of sp³-hybridized carbons (Fsp3) is 0.462. The van der Waals surface area contributed by atoms with Crippen LogP contribution in [-0.2, 0) is 0 Å². The standard InChI is InChI=1S/C13H16BrNO2/c14-12-8-10(6-7-11(12)13(16)17)15-9-4-2-1-3-5-9/h6-9,15H,1-5H2,(H,16,17). The summed E-state index contributed by atoms with van der Waals surface area (Å²) in [4.78, 5) is 10.9. The number of hydrogen-bond acceptors (Lipinski definition) is 2. The summed E-state index contributed by atoms with van der Waals surface area (Å²) in [7, 11) is 0. The quantitative estimate of drug-likeness (QED) is 0.890. The van der Waals surface area contributed by atoms with Crippen molar-refractivity contribution in [2.24, 2.45) is 0 Å². The molecule has 0 aliphatic heterocycles. The molecule has 3 nitrogen and oxygen atoms in total. The summed E-state index contributed by atoms with van der Waals surface area (Å²) in [5, 5.41) is 12.4. The number of hydrogen-bond donors (Lipinski definition) is 2. The Hall–Kier alpha value is -1.03. The molecular weight excluding hydrogens is 282 g/mol. The van der Waals surface area contributed by atoms with E-state index in [0.29, 0.717) is 16.1 Å². The van der Waals surface area contributed by atoms with E-state index in [1.807, 2.05) is 12.1 Å². The number of carboxylic acid groups (broad SMARTS) is 1. The summed E-state index contributed by atoms with van der Waals surface area (Å²) >= 11 is 3.29. The van der Waals surface area contributed by atoms with E-state index in [0.717, 1.165) is 5.69 Å². The molecule has 0 radical (unpaired) electrons. The summed E-state index contributed by atoms with van der Waals surface area (Å²) in [5.74, 6) is -0.902. The minimum atomic E-state index is -0.902. The van der Waals surface area contributed by atoms with Crippen LogP contribution in [0.1, 0.15) is 42.5 Å². The molecule has 1 aliphatic rings. The van der Waals surface area contributed by atoms with Gasteiger partial charge in [0.05, 0.1) is 5.56 Å². The summed E-state index contributed by atoms with van der Waals surface area (Å²) in [6.45, 7) is 0. The summed E-state index contributed by atoms with van der Waals surface area (Å²) in [6, 6.07) is 5.85. The van der Waals surface area contributed by atoms with Crippen LogP contribution >= 0.6 is 15.9 Å². The Morgan fingerprint density at radius 1 is 1.29 bits per heavy atom. The van der Waals surface area contributed by atoms with E-state index in [1.54, 1.807) is 6.07 Å². The maximum atomic E-state index is 10.9. The van der Waals surface area contributed by atoms with Crippen LogP contribution in [0.4, 0.5) is 5.69 Å². The van der Waals surface area contributed by atoms with Crippen LogP contribution in [0.5, 0.6) is 0 Å². The average Bonchev–Trinajstić information content (AvgIpc) is 2.30. The molecule has 1 fully saturated rings. The van der Waals surface area contributed by atoms with Gasteiger partial charge in [0.25, 0.3) is 0 Å². The molecule has 1 aliphatic carbocycles. The first-order chi connectivity index (χ1) is 8.16. The molecule has 2 rings (SSSR count). The van der Waals surface area contributed by atoms with Crippen molar-refractivity contribution in [2.75, 3.05) is 5.32 Å². The van der Waals surface area contributed by atoms with Crippen LogP contribution in [0.15, 0.2) is 22.7 Å². The van der Waals surface area contributed by atoms with Crippen molar-refractivity contribution < 1.29 is 9.90 Å². The normalized spacial score (nSPS) is 16.8. The van der Waals surface area contributed by atoms with E-state index in [9.17, 15) is 4.79 Å². The third-order valence-corrected chi connectivity index (χ3v) is 3.83. The van der Waals surface area contributed by atoms with Crippen molar-refractivity contribution in [3.63, 3.8) is 0 Å². The zero-order chi connectivity index (χ0) is 12.3. The highest BCUT2D eigenvalue weighted by molar-refractivity contribution is 9.10. The first-order valence-corrected chi connectivity index (χ1v) is 6.75. The van der Waals surface area contributed by atoms with Crippen molar-refractivity contribution in [3.05, 3.63) is 28.2 Å². The van der Waals surface area contributed by atoms with Gasteiger partial charge in [-0.25, -0.2) is 4.79 Å². The fourth-order valence-corrected chi connectivity index (χ4v) is 2.81. The van der Waals surface area contributed by atoms with Gasteiger partial charge < -0.3 is 10.4 Å². The van der Waals surface area contributed by atoms with Gasteiger partial charge in [0.1, 0.15) is 0 Å². The zero-order valence-electron chi connectivity index (χ0n) is 9.58. The molecule has 0 bridgehead atoms. The van der Waals surface area contributed by atoms with E-state index >= 15 is 0 Å². The predicted octanol–water partition coefficient (Wildman–Crippen LogP) is 3.89. The largest absolute Gasteiger partial charge is 0.478 e. The van der Waals surface area contributed by atoms with Gasteiger partial charge in [-0.2, -0.15) is 0 Å². The number of carbonyl (C=O) groups is 1. The molecule has 1 saturated carbocycles. The van der Waals surface area contributed by atoms with Crippen molar-refractivity contribution in [1.82, 2.24) is 0 Å². The van der Waals surface area contributed by atoms with Gasteiger partial charge >= 0.3 is 5.97 Å². The molecule has 0 heterocycles. The monoisotopic (exact) mass is 297 g/mol.